The van der Waals surface area contributed by atoms with Gasteiger partial charge in [-0.3, -0.25) is 0 Å². The average Bonchev–Trinajstić information content (AvgIpc) is 2.23. The average molecular weight is 188 g/mol. The van der Waals surface area contributed by atoms with Gasteiger partial charge in [0.25, 0.3) is 0 Å². The molecule has 0 bridgehead atoms. The SMILES string of the molecule is CC1=C(C2=CC=CCC2)N=C(N)CC1. The molecule has 0 saturated heterocycles. The molecule has 0 saturated carbocycles. The molecule has 2 aliphatic rings. The molecule has 74 valence electrons. The fourth-order valence-corrected chi connectivity index (χ4v) is 1.87. The Labute approximate surface area is 84.9 Å². The third-order valence-electron chi connectivity index (χ3n) is 2.73. The van der Waals surface area contributed by atoms with E-state index in [-0.39, 0.29) is 0 Å². The molecule has 0 aromatic rings. The number of hydrogen-bond donors (Lipinski definition) is 1. The van der Waals surface area contributed by atoms with Crippen LogP contribution in [0.5, 0.6) is 0 Å². The van der Waals surface area contributed by atoms with Gasteiger partial charge in [-0.05, 0) is 37.3 Å². The number of rotatable bonds is 1. The topological polar surface area (TPSA) is 38.4 Å². The minimum absolute atomic E-state index is 0.779. The largest absolute Gasteiger partial charge is 0.387 e. The van der Waals surface area contributed by atoms with Crippen molar-refractivity contribution in [3.8, 4) is 0 Å². The van der Waals surface area contributed by atoms with Crippen LogP contribution >= 0.6 is 0 Å². The van der Waals surface area contributed by atoms with Gasteiger partial charge in [0.05, 0.1) is 11.5 Å². The van der Waals surface area contributed by atoms with Crippen molar-refractivity contribution in [2.24, 2.45) is 10.7 Å². The summed E-state index contributed by atoms with van der Waals surface area (Å²) in [5, 5.41) is 0. The summed E-state index contributed by atoms with van der Waals surface area (Å²) in [5.74, 6) is 0.779. The zero-order valence-corrected chi connectivity index (χ0v) is 8.59. The Morgan fingerprint density at radius 1 is 1.29 bits per heavy atom. The third-order valence-corrected chi connectivity index (χ3v) is 2.73. The van der Waals surface area contributed by atoms with Gasteiger partial charge >= 0.3 is 0 Å². The second-order valence-corrected chi connectivity index (χ2v) is 3.89. The summed E-state index contributed by atoms with van der Waals surface area (Å²) in [4.78, 5) is 4.46. The highest BCUT2D eigenvalue weighted by Gasteiger charge is 2.13. The minimum Gasteiger partial charge on any atom is -0.387 e. The molecule has 14 heavy (non-hydrogen) atoms. The van der Waals surface area contributed by atoms with Crippen LogP contribution in [0.3, 0.4) is 0 Å². The first-order valence-corrected chi connectivity index (χ1v) is 5.16. The van der Waals surface area contributed by atoms with E-state index < -0.39 is 0 Å². The lowest BCUT2D eigenvalue weighted by atomic mass is 9.95. The molecular weight excluding hydrogens is 172 g/mol. The second-order valence-electron chi connectivity index (χ2n) is 3.89. The van der Waals surface area contributed by atoms with Crippen molar-refractivity contribution >= 4 is 5.84 Å². The van der Waals surface area contributed by atoms with E-state index in [1.807, 2.05) is 0 Å². The Morgan fingerprint density at radius 2 is 2.14 bits per heavy atom. The van der Waals surface area contributed by atoms with Gasteiger partial charge in [0.2, 0.25) is 0 Å². The van der Waals surface area contributed by atoms with Crippen LogP contribution in [0.4, 0.5) is 0 Å². The summed E-state index contributed by atoms with van der Waals surface area (Å²) in [7, 11) is 0. The summed E-state index contributed by atoms with van der Waals surface area (Å²) in [5.41, 5.74) is 9.62. The second kappa shape index (κ2) is 3.82. The Bertz CT molecular complexity index is 357. The zero-order chi connectivity index (χ0) is 9.97. The zero-order valence-electron chi connectivity index (χ0n) is 8.59. The Hall–Kier alpha value is -1.31. The van der Waals surface area contributed by atoms with Crippen molar-refractivity contribution in [3.63, 3.8) is 0 Å². The lowest BCUT2D eigenvalue weighted by Gasteiger charge is -2.18. The van der Waals surface area contributed by atoms with Gasteiger partial charge in [0.1, 0.15) is 0 Å². The highest BCUT2D eigenvalue weighted by molar-refractivity contribution is 5.83. The van der Waals surface area contributed by atoms with Gasteiger partial charge in [-0.25, -0.2) is 4.99 Å². The molecular formula is C12H16N2. The van der Waals surface area contributed by atoms with E-state index in [9.17, 15) is 0 Å². The highest BCUT2D eigenvalue weighted by Crippen LogP contribution is 2.28. The lowest BCUT2D eigenvalue weighted by molar-refractivity contribution is 0.892. The molecule has 0 spiro atoms. The minimum atomic E-state index is 0.779. The summed E-state index contributed by atoms with van der Waals surface area (Å²) < 4.78 is 0. The van der Waals surface area contributed by atoms with Crippen LogP contribution in [0.1, 0.15) is 32.6 Å². The van der Waals surface area contributed by atoms with Crippen molar-refractivity contribution in [1.29, 1.82) is 0 Å². The maximum atomic E-state index is 5.76. The molecule has 0 fully saturated rings. The first-order chi connectivity index (χ1) is 6.77. The van der Waals surface area contributed by atoms with Gasteiger partial charge in [-0.2, -0.15) is 0 Å². The summed E-state index contributed by atoms with van der Waals surface area (Å²) >= 11 is 0. The fraction of sp³-hybridized carbons (Fsp3) is 0.417. The molecule has 0 aromatic carbocycles. The van der Waals surface area contributed by atoms with Crippen LogP contribution in [-0.2, 0) is 0 Å². The maximum Gasteiger partial charge on any atom is 0.0999 e. The Kier molecular flexibility index (Phi) is 2.53. The third kappa shape index (κ3) is 1.79. The molecule has 2 rings (SSSR count). The first-order valence-electron chi connectivity index (χ1n) is 5.16. The van der Waals surface area contributed by atoms with E-state index in [0.717, 1.165) is 37.2 Å². The van der Waals surface area contributed by atoms with Crippen molar-refractivity contribution in [1.82, 2.24) is 0 Å². The first kappa shape index (κ1) is 9.25. The predicted octanol–water partition coefficient (Wildman–Crippen LogP) is 2.69. The fourth-order valence-electron chi connectivity index (χ4n) is 1.87. The molecule has 2 heteroatoms. The Morgan fingerprint density at radius 3 is 2.86 bits per heavy atom. The normalized spacial score (nSPS) is 22.1. The van der Waals surface area contributed by atoms with E-state index >= 15 is 0 Å². The molecule has 1 heterocycles. The quantitative estimate of drug-likeness (QED) is 0.675. The molecule has 0 atom stereocenters. The summed E-state index contributed by atoms with van der Waals surface area (Å²) in [6, 6.07) is 0. The van der Waals surface area contributed by atoms with Gasteiger partial charge in [0, 0.05) is 6.42 Å². The number of allylic oxidation sites excluding steroid dienone is 5. The molecule has 0 amide bonds. The summed E-state index contributed by atoms with van der Waals surface area (Å²) in [6.45, 7) is 2.16. The van der Waals surface area contributed by atoms with Crippen LogP contribution in [-0.4, -0.2) is 5.84 Å². The molecule has 0 radical (unpaired) electrons. The number of nitrogens with two attached hydrogens (primary N) is 1. The van der Waals surface area contributed by atoms with Crippen molar-refractivity contribution in [3.05, 3.63) is 35.1 Å². The van der Waals surface area contributed by atoms with Gasteiger partial charge in [-0.15, -0.1) is 0 Å². The number of hydrogen-bond acceptors (Lipinski definition) is 2. The molecule has 1 aliphatic heterocycles. The van der Waals surface area contributed by atoms with E-state index in [1.165, 1.54) is 11.1 Å². The van der Waals surface area contributed by atoms with Crippen LogP contribution in [0, 0.1) is 0 Å². The van der Waals surface area contributed by atoms with Crippen LogP contribution in [0.25, 0.3) is 0 Å². The van der Waals surface area contributed by atoms with Gasteiger partial charge in [0.15, 0.2) is 0 Å². The highest BCUT2D eigenvalue weighted by atomic mass is 14.9. The molecule has 2 nitrogen and oxygen atoms in total. The number of nitrogens with zero attached hydrogens (tertiary/aromatic N) is 1. The number of amidine groups is 1. The number of aliphatic imine (C=N–C) groups is 1. The van der Waals surface area contributed by atoms with Gasteiger partial charge < -0.3 is 5.73 Å². The lowest BCUT2D eigenvalue weighted by Crippen LogP contribution is -2.16. The predicted molar refractivity (Wildman–Crippen MR) is 60.0 cm³/mol. The van der Waals surface area contributed by atoms with Crippen molar-refractivity contribution in [2.75, 3.05) is 0 Å². The van der Waals surface area contributed by atoms with Crippen LogP contribution in [0.15, 0.2) is 40.1 Å². The van der Waals surface area contributed by atoms with Crippen LogP contribution < -0.4 is 5.73 Å². The monoisotopic (exact) mass is 188 g/mol. The molecule has 2 N–H and O–H groups in total. The molecule has 1 aliphatic carbocycles. The van der Waals surface area contributed by atoms with Gasteiger partial charge in [-0.1, -0.05) is 18.2 Å². The van der Waals surface area contributed by atoms with Crippen molar-refractivity contribution < 1.29 is 0 Å². The van der Waals surface area contributed by atoms with E-state index in [0.29, 0.717) is 0 Å². The molecule has 0 unspecified atom stereocenters. The molecule has 0 aromatic heterocycles. The smallest absolute Gasteiger partial charge is 0.0999 e. The maximum absolute atomic E-state index is 5.76. The standard InChI is InChI=1S/C12H16N2/c1-9-7-8-11(13)14-12(9)10-5-3-2-4-6-10/h2-3,5H,4,6-8H2,1H3,(H2,13,14). The van der Waals surface area contributed by atoms with Crippen LogP contribution in [0.2, 0.25) is 0 Å². The van der Waals surface area contributed by atoms with Crippen molar-refractivity contribution in [2.45, 2.75) is 32.6 Å². The van der Waals surface area contributed by atoms with E-state index in [1.54, 1.807) is 0 Å². The van der Waals surface area contributed by atoms with E-state index in [4.69, 9.17) is 5.73 Å². The Balaban J connectivity index is 2.32. The summed E-state index contributed by atoms with van der Waals surface area (Å²) in [6.07, 6.45) is 10.7. The van der Waals surface area contributed by atoms with E-state index in [2.05, 4.69) is 30.1 Å².